The average molecular weight is 316 g/mol. The van der Waals surface area contributed by atoms with Gasteiger partial charge in [0.25, 0.3) is 0 Å². The Morgan fingerprint density at radius 1 is 1.43 bits per heavy atom. The maximum atomic E-state index is 11.9. The fraction of sp³-hybridized carbons (Fsp3) is 0.474. The molecule has 0 aliphatic carbocycles. The van der Waals surface area contributed by atoms with Crippen LogP contribution in [0.2, 0.25) is 0 Å². The Labute approximate surface area is 138 Å². The second-order valence-electron chi connectivity index (χ2n) is 5.92. The van der Waals surface area contributed by atoms with Crippen molar-refractivity contribution < 1.29 is 19.4 Å². The van der Waals surface area contributed by atoms with E-state index in [0.29, 0.717) is 24.2 Å². The minimum atomic E-state index is -0.465. The van der Waals surface area contributed by atoms with Crippen molar-refractivity contribution >= 4 is 5.97 Å². The summed E-state index contributed by atoms with van der Waals surface area (Å²) in [7, 11) is 1.58. The maximum absolute atomic E-state index is 11.9. The summed E-state index contributed by atoms with van der Waals surface area (Å²) in [6, 6.07) is 0. The number of rotatable bonds is 7. The van der Waals surface area contributed by atoms with Crippen molar-refractivity contribution in [3.63, 3.8) is 0 Å². The van der Waals surface area contributed by atoms with Crippen molar-refractivity contribution in [2.24, 2.45) is 0 Å². The molecule has 23 heavy (non-hydrogen) atoms. The van der Waals surface area contributed by atoms with Crippen LogP contribution in [-0.4, -0.2) is 18.2 Å². The second-order valence-corrected chi connectivity index (χ2v) is 5.92. The Morgan fingerprint density at radius 2 is 2.17 bits per heavy atom. The average Bonchev–Trinajstić information content (AvgIpc) is 2.92. The van der Waals surface area contributed by atoms with Gasteiger partial charge in [0, 0.05) is 11.1 Å². The summed E-state index contributed by atoms with van der Waals surface area (Å²) in [5.74, 6) is 0.148. The molecule has 0 unspecified atom stereocenters. The number of carbonyl (C=O) groups is 1. The van der Waals surface area contributed by atoms with Crippen LogP contribution in [0.25, 0.3) is 0 Å². The molecule has 1 N–H and O–H groups in total. The molecule has 1 aliphatic rings. The monoisotopic (exact) mass is 316 g/mol. The molecular weight excluding hydrogens is 292 g/mol. The molecule has 1 aliphatic heterocycles. The van der Waals surface area contributed by atoms with Crippen molar-refractivity contribution in [3.8, 4) is 11.5 Å². The summed E-state index contributed by atoms with van der Waals surface area (Å²) < 4.78 is 10.5. The first-order valence-electron chi connectivity index (χ1n) is 7.95. The molecule has 0 amide bonds. The topological polar surface area (TPSA) is 55.8 Å². The van der Waals surface area contributed by atoms with E-state index in [1.165, 1.54) is 5.57 Å². The quantitative estimate of drug-likeness (QED) is 0.466. The molecule has 0 spiro atoms. The number of phenolic OH excluding ortho intramolecular Hbond substituents is 1. The molecule has 0 bridgehead atoms. The predicted octanol–water partition coefficient (Wildman–Crippen LogP) is 4.14. The molecule has 1 aromatic rings. The highest BCUT2D eigenvalue weighted by molar-refractivity contribution is 5.98. The van der Waals surface area contributed by atoms with Crippen LogP contribution in [-0.2, 0) is 17.8 Å². The lowest BCUT2D eigenvalue weighted by Gasteiger charge is -2.15. The van der Waals surface area contributed by atoms with Crippen molar-refractivity contribution in [2.45, 2.75) is 52.6 Å². The molecule has 0 aromatic heterocycles. The van der Waals surface area contributed by atoms with Gasteiger partial charge in [0.15, 0.2) is 0 Å². The van der Waals surface area contributed by atoms with Gasteiger partial charge in [-0.3, -0.25) is 0 Å². The van der Waals surface area contributed by atoms with Gasteiger partial charge in [-0.1, -0.05) is 18.1 Å². The van der Waals surface area contributed by atoms with E-state index in [9.17, 15) is 9.90 Å². The van der Waals surface area contributed by atoms with Crippen molar-refractivity contribution in [2.75, 3.05) is 7.11 Å². The number of hydrogen-bond acceptors (Lipinski definition) is 4. The van der Waals surface area contributed by atoms with E-state index in [4.69, 9.17) is 16.4 Å². The number of aromatic hydroxyl groups is 1. The molecule has 2 rings (SSSR count). The van der Waals surface area contributed by atoms with Gasteiger partial charge in [0.1, 0.15) is 23.7 Å². The van der Waals surface area contributed by atoms with E-state index in [1.54, 1.807) is 7.11 Å². The molecule has 124 valence electrons. The summed E-state index contributed by atoms with van der Waals surface area (Å²) in [5.41, 5.74) is 3.74. The number of ether oxygens (including phenoxy) is 2. The van der Waals surface area contributed by atoms with Crippen LogP contribution in [0.15, 0.2) is 11.6 Å². The smallest absolute Gasteiger partial charge is 0.342 e. The number of cyclic esters (lactones) is 1. The molecule has 4 nitrogen and oxygen atoms in total. The van der Waals surface area contributed by atoms with Crippen molar-refractivity contribution in [1.29, 1.82) is 0 Å². The normalized spacial score (nSPS) is 13.9. The fourth-order valence-electron chi connectivity index (χ4n) is 2.95. The second kappa shape index (κ2) is 7.53. The molecule has 0 saturated carbocycles. The number of fused-ring (bicyclic) bond motifs is 1. The summed E-state index contributed by atoms with van der Waals surface area (Å²) in [5, 5.41) is 10.5. The standard InChI is InChI=1S/C19H24O4/c1-5-6-7-8-12(2)9-10-14-17(20)16-15(11-23-19(16)21)13(3)18(14)22-4/h1,9,20H,5-8,10-11H2,2-4H3. The minimum Gasteiger partial charge on any atom is -0.507 e. The summed E-state index contributed by atoms with van der Waals surface area (Å²) in [4.78, 5) is 11.9. The van der Waals surface area contributed by atoms with E-state index in [2.05, 4.69) is 13.0 Å². The number of unbranched alkanes of at least 4 members (excludes halogenated alkanes) is 2. The largest absolute Gasteiger partial charge is 0.507 e. The Balaban J connectivity index is 2.31. The Bertz CT molecular complexity index is 629. The van der Waals surface area contributed by atoms with Crippen LogP contribution in [0.5, 0.6) is 11.5 Å². The minimum absolute atomic E-state index is 0.0176. The highest BCUT2D eigenvalue weighted by Crippen LogP contribution is 2.42. The third-order valence-corrected chi connectivity index (χ3v) is 4.33. The van der Waals surface area contributed by atoms with E-state index in [1.807, 2.05) is 6.92 Å². The lowest BCUT2D eigenvalue weighted by Crippen LogP contribution is -2.03. The van der Waals surface area contributed by atoms with Gasteiger partial charge < -0.3 is 14.6 Å². The van der Waals surface area contributed by atoms with Gasteiger partial charge in [-0.05, 0) is 52.0 Å². The fourth-order valence-corrected chi connectivity index (χ4v) is 2.95. The summed E-state index contributed by atoms with van der Waals surface area (Å²) in [6.07, 6.45) is 6.33. The first kappa shape index (κ1) is 17.4. The lowest BCUT2D eigenvalue weighted by atomic mass is 9.94. The van der Waals surface area contributed by atoms with Crippen molar-refractivity contribution in [3.05, 3.63) is 40.8 Å². The molecule has 4 heteroatoms. The molecule has 1 heterocycles. The highest BCUT2D eigenvalue weighted by Gasteiger charge is 2.31. The van der Waals surface area contributed by atoms with Gasteiger partial charge in [0.05, 0.1) is 7.11 Å². The zero-order chi connectivity index (χ0) is 17.0. The van der Waals surface area contributed by atoms with Crippen LogP contribution in [0.4, 0.5) is 0 Å². The Kier molecular flexibility index (Phi) is 5.69. The van der Waals surface area contributed by atoms with Crippen LogP contribution >= 0.6 is 0 Å². The Hall–Kier alpha value is -1.97. The number of methoxy groups -OCH3 is 1. The number of phenols is 1. The van der Waals surface area contributed by atoms with Gasteiger partial charge in [-0.25, -0.2) is 4.79 Å². The van der Waals surface area contributed by atoms with Crippen LogP contribution in [0.1, 0.15) is 59.7 Å². The van der Waals surface area contributed by atoms with Crippen LogP contribution in [0, 0.1) is 13.8 Å². The number of carbonyl (C=O) groups excluding carboxylic acids is 1. The van der Waals surface area contributed by atoms with E-state index in [0.717, 1.165) is 30.4 Å². The maximum Gasteiger partial charge on any atom is 0.342 e. The molecule has 0 fully saturated rings. The first-order chi connectivity index (χ1) is 11.0. The molecule has 0 atom stereocenters. The molecule has 2 radical (unpaired) electrons. The van der Waals surface area contributed by atoms with Gasteiger partial charge >= 0.3 is 5.97 Å². The predicted molar refractivity (Wildman–Crippen MR) is 88.7 cm³/mol. The number of allylic oxidation sites excluding steroid dienone is 2. The zero-order valence-electron chi connectivity index (χ0n) is 14.1. The Morgan fingerprint density at radius 3 is 2.83 bits per heavy atom. The third kappa shape index (κ3) is 3.52. The van der Waals surface area contributed by atoms with Gasteiger partial charge in [-0.15, -0.1) is 0 Å². The summed E-state index contributed by atoms with van der Waals surface area (Å²) >= 11 is 0. The number of benzene rings is 1. The van der Waals surface area contributed by atoms with Crippen LogP contribution in [0.3, 0.4) is 0 Å². The van der Waals surface area contributed by atoms with Crippen LogP contribution < -0.4 is 4.74 Å². The SMILES string of the molecule is [CH]CCCCC(C)=CCc1c(O)c2c(c(C)c1OC)COC2=O. The van der Waals surface area contributed by atoms with Crippen molar-refractivity contribution in [1.82, 2.24) is 0 Å². The molecule has 0 saturated heterocycles. The molecular formula is C19H24O4. The highest BCUT2D eigenvalue weighted by atomic mass is 16.5. The lowest BCUT2D eigenvalue weighted by molar-refractivity contribution is 0.0533. The van der Waals surface area contributed by atoms with Gasteiger partial charge in [-0.2, -0.15) is 0 Å². The van der Waals surface area contributed by atoms with E-state index >= 15 is 0 Å². The summed E-state index contributed by atoms with van der Waals surface area (Å²) in [6.45, 7) is 9.65. The van der Waals surface area contributed by atoms with Gasteiger partial charge in [0.2, 0.25) is 0 Å². The van der Waals surface area contributed by atoms with E-state index < -0.39 is 5.97 Å². The molecule has 1 aromatic carbocycles. The third-order valence-electron chi connectivity index (χ3n) is 4.33. The first-order valence-corrected chi connectivity index (χ1v) is 7.95. The zero-order valence-corrected chi connectivity index (χ0v) is 14.1. The number of esters is 1. The van der Waals surface area contributed by atoms with E-state index in [-0.39, 0.29) is 17.9 Å². The number of hydrogen-bond donors (Lipinski definition) is 1.